The average molecular weight is 889 g/mol. The first kappa shape index (κ1) is 44.9. The zero-order valence-corrected chi connectivity index (χ0v) is 36.0. The second-order valence-electron chi connectivity index (χ2n) is 15.5. The molecule has 2 aromatic carbocycles. The molecular formula is C38H48ClN2O12S4+. The molecule has 14 nitrogen and oxygen atoms in total. The highest BCUT2D eigenvalue weighted by Crippen LogP contribution is 2.48. The lowest BCUT2D eigenvalue weighted by molar-refractivity contribution is -0.438. The monoisotopic (exact) mass is 887 g/mol. The molecule has 0 amide bonds. The van der Waals surface area contributed by atoms with Gasteiger partial charge in [0.05, 0.1) is 26.7 Å². The third-order valence-electron chi connectivity index (χ3n) is 10.7. The van der Waals surface area contributed by atoms with Crippen LogP contribution in [-0.4, -0.2) is 80.2 Å². The number of allylic oxidation sites excluding steroid dienone is 8. The first-order valence-electron chi connectivity index (χ1n) is 18.3. The van der Waals surface area contributed by atoms with Crippen LogP contribution in [0.3, 0.4) is 0 Å². The summed E-state index contributed by atoms with van der Waals surface area (Å²) < 4.78 is 134. The zero-order valence-electron chi connectivity index (χ0n) is 32.0. The third-order valence-corrected chi connectivity index (χ3v) is 14.6. The summed E-state index contributed by atoms with van der Waals surface area (Å²) in [6, 6.07) is 7.25. The summed E-state index contributed by atoms with van der Waals surface area (Å²) in [7, 11) is -17.4. The van der Waals surface area contributed by atoms with Crippen LogP contribution in [0.15, 0.2) is 86.3 Å². The average Bonchev–Trinajstić information content (AvgIpc) is 3.46. The molecule has 0 aromatic heterocycles. The van der Waals surface area contributed by atoms with Gasteiger partial charge in [-0.05, 0) is 111 Å². The number of halogens is 1. The number of fused-ring (bicyclic) bond motifs is 2. The Bertz CT molecular complexity index is 2590. The van der Waals surface area contributed by atoms with Gasteiger partial charge in [-0.3, -0.25) is 18.2 Å². The van der Waals surface area contributed by atoms with E-state index in [9.17, 15) is 47.3 Å². The van der Waals surface area contributed by atoms with Gasteiger partial charge in [0.25, 0.3) is 40.5 Å². The van der Waals surface area contributed by atoms with E-state index < -0.39 is 62.8 Å². The van der Waals surface area contributed by atoms with Crippen molar-refractivity contribution in [3.63, 3.8) is 0 Å². The van der Waals surface area contributed by atoms with Crippen LogP contribution in [0.4, 0.5) is 11.4 Å². The van der Waals surface area contributed by atoms with Gasteiger partial charge in [0.1, 0.15) is 6.54 Å². The van der Waals surface area contributed by atoms with Crippen molar-refractivity contribution in [2.75, 3.05) is 23.4 Å². The number of hydrogen-bond acceptors (Lipinski definition) is 9. The van der Waals surface area contributed by atoms with Gasteiger partial charge in [-0.25, -0.2) is 0 Å². The summed E-state index contributed by atoms with van der Waals surface area (Å²) in [5.41, 5.74) is 4.73. The standard InChI is InChI=1S/C38H47ClN2O12S4/c1-37(2)29-24-27(56(48,49)50)15-17-31(29)41(21-6-8-23-55(45,46)47)34(37)20-14-26-11-9-10-25(36(26)39)13-19-33-38(3,4)35-28(12-5-7-22-54(42,43)44)32(57(51,52)53)18-16-30(35)40-33/h13-20,24H,5-12,21-23H2,1-4H3,(H4,42,43,44,45,46,47,48,49,50,51,52,53)/p+1. The Morgan fingerprint density at radius 3 is 2.04 bits per heavy atom. The summed E-state index contributed by atoms with van der Waals surface area (Å²) in [4.78, 5) is -0.513. The normalized spacial score (nSPS) is 19.8. The molecule has 0 fully saturated rings. The number of anilines is 1. The Balaban J connectivity index is 1.47. The van der Waals surface area contributed by atoms with Crippen molar-refractivity contribution in [2.45, 2.75) is 99.7 Å². The van der Waals surface area contributed by atoms with Crippen molar-refractivity contribution >= 4 is 69.2 Å². The fourth-order valence-corrected chi connectivity index (χ4v) is 10.6. The first-order chi connectivity index (χ1) is 26.2. The van der Waals surface area contributed by atoms with E-state index in [4.69, 9.17) is 16.2 Å². The number of benzene rings is 2. The van der Waals surface area contributed by atoms with Crippen molar-refractivity contribution in [3.8, 4) is 0 Å². The molecule has 0 spiro atoms. The Kier molecular flexibility index (Phi) is 13.0. The molecule has 2 heterocycles. The summed E-state index contributed by atoms with van der Waals surface area (Å²) >= 11 is 7.05. The lowest BCUT2D eigenvalue weighted by atomic mass is 9.80. The van der Waals surface area contributed by atoms with Crippen LogP contribution < -0.4 is 5.32 Å². The van der Waals surface area contributed by atoms with Crippen LogP contribution >= 0.6 is 11.6 Å². The highest BCUT2D eigenvalue weighted by molar-refractivity contribution is 7.86. The van der Waals surface area contributed by atoms with E-state index >= 15 is 0 Å². The molecule has 0 unspecified atom stereocenters. The summed E-state index contributed by atoms with van der Waals surface area (Å²) in [6.45, 7) is 8.02. The highest BCUT2D eigenvalue weighted by Gasteiger charge is 2.45. The van der Waals surface area contributed by atoms with Gasteiger partial charge in [-0.15, -0.1) is 0 Å². The molecule has 0 radical (unpaired) electrons. The predicted molar refractivity (Wildman–Crippen MR) is 219 cm³/mol. The van der Waals surface area contributed by atoms with Gasteiger partial charge in [-0.1, -0.05) is 37.6 Å². The molecule has 3 aliphatic rings. The zero-order chi connectivity index (χ0) is 42.4. The molecule has 0 saturated heterocycles. The minimum absolute atomic E-state index is 0.0887. The van der Waals surface area contributed by atoms with Crippen molar-refractivity contribution in [1.82, 2.24) is 0 Å². The molecule has 0 bridgehead atoms. The van der Waals surface area contributed by atoms with E-state index in [0.717, 1.165) is 29.0 Å². The molecule has 2 aromatic rings. The molecule has 0 atom stereocenters. The van der Waals surface area contributed by atoms with Crippen molar-refractivity contribution in [1.29, 1.82) is 0 Å². The van der Waals surface area contributed by atoms with Crippen LogP contribution in [-0.2, 0) is 57.7 Å². The van der Waals surface area contributed by atoms with Gasteiger partial charge in [-0.2, -0.15) is 38.2 Å². The SMILES string of the molecule is CC1(C)C(C=CC2=C(Cl)C(=CC=C3Nc4ccc(S(=O)(=O)O)c(CCCCS(=O)(=O)O)c4C3(C)C)CCC2)=[N+](CCCCS(=O)(=O)O)c2ccc(S(=O)(=O)O)cc21. The Hall–Kier alpha value is -3.20. The maximum atomic E-state index is 12.4. The maximum absolute atomic E-state index is 12.4. The number of hydrogen-bond donors (Lipinski definition) is 5. The summed E-state index contributed by atoms with van der Waals surface area (Å²) in [5, 5.41) is 3.91. The predicted octanol–water partition coefficient (Wildman–Crippen LogP) is 6.88. The first-order valence-corrected chi connectivity index (χ1v) is 24.8. The topological polar surface area (TPSA) is 233 Å². The minimum Gasteiger partial charge on any atom is -0.358 e. The van der Waals surface area contributed by atoms with Crippen LogP contribution in [0.25, 0.3) is 0 Å². The van der Waals surface area contributed by atoms with Crippen molar-refractivity contribution < 1.29 is 56.5 Å². The third kappa shape index (κ3) is 10.3. The van der Waals surface area contributed by atoms with Crippen LogP contribution in [0, 0.1) is 0 Å². The number of rotatable bonds is 15. The Morgan fingerprint density at radius 2 is 1.42 bits per heavy atom. The van der Waals surface area contributed by atoms with Crippen LogP contribution in [0.1, 0.15) is 89.3 Å². The molecule has 312 valence electrons. The molecule has 1 aliphatic carbocycles. The van der Waals surface area contributed by atoms with Gasteiger partial charge in [0.2, 0.25) is 5.69 Å². The maximum Gasteiger partial charge on any atom is 0.294 e. The van der Waals surface area contributed by atoms with E-state index in [1.54, 1.807) is 12.1 Å². The molecule has 5 N–H and O–H groups in total. The number of nitrogens with zero attached hydrogens (tertiary/aromatic N) is 1. The fourth-order valence-electron chi connectivity index (χ4n) is 7.89. The van der Waals surface area contributed by atoms with E-state index in [0.29, 0.717) is 58.9 Å². The van der Waals surface area contributed by atoms with E-state index in [1.807, 2.05) is 56.6 Å². The second kappa shape index (κ2) is 16.5. The number of nitrogens with one attached hydrogen (secondary N) is 1. The quantitative estimate of drug-likeness (QED) is 0.0698. The van der Waals surface area contributed by atoms with Gasteiger partial charge >= 0.3 is 0 Å². The molecule has 57 heavy (non-hydrogen) atoms. The second-order valence-corrected chi connectivity index (χ2v) is 21.9. The van der Waals surface area contributed by atoms with E-state index in [1.165, 1.54) is 18.2 Å². The van der Waals surface area contributed by atoms with Crippen LogP contribution in [0.2, 0.25) is 0 Å². The molecule has 5 rings (SSSR count). The minimum atomic E-state index is -4.62. The highest BCUT2D eigenvalue weighted by atomic mass is 35.5. The number of unbranched alkanes of at least 4 members (excludes halogenated alkanes) is 2. The lowest BCUT2D eigenvalue weighted by Crippen LogP contribution is -2.28. The largest absolute Gasteiger partial charge is 0.358 e. The van der Waals surface area contributed by atoms with Crippen LogP contribution in [0.5, 0.6) is 0 Å². The summed E-state index contributed by atoms with van der Waals surface area (Å²) in [6.07, 6.45) is 10.8. The van der Waals surface area contributed by atoms with Crippen molar-refractivity contribution in [2.24, 2.45) is 0 Å². The Labute approximate surface area is 340 Å². The van der Waals surface area contributed by atoms with E-state index in [2.05, 4.69) is 5.32 Å². The molecular weight excluding hydrogens is 840 g/mol. The Morgan fingerprint density at radius 1 is 0.772 bits per heavy atom. The smallest absolute Gasteiger partial charge is 0.294 e. The van der Waals surface area contributed by atoms with Gasteiger partial charge in [0, 0.05) is 46.0 Å². The fraction of sp³-hybridized carbons (Fsp3) is 0.447. The lowest BCUT2D eigenvalue weighted by Gasteiger charge is -2.24. The summed E-state index contributed by atoms with van der Waals surface area (Å²) in [5.74, 6) is -0.876. The van der Waals surface area contributed by atoms with E-state index in [-0.39, 0.29) is 35.5 Å². The molecule has 19 heteroatoms. The molecule has 0 saturated carbocycles. The van der Waals surface area contributed by atoms with Gasteiger partial charge in [0.15, 0.2) is 5.71 Å². The van der Waals surface area contributed by atoms with Crippen molar-refractivity contribution in [3.05, 3.63) is 93.2 Å². The molecule has 2 aliphatic heterocycles. The van der Waals surface area contributed by atoms with Gasteiger partial charge < -0.3 is 5.32 Å².